The van der Waals surface area contributed by atoms with Gasteiger partial charge in [0, 0.05) is 24.1 Å². The summed E-state index contributed by atoms with van der Waals surface area (Å²) in [6, 6.07) is 22.5. The van der Waals surface area contributed by atoms with Crippen LogP contribution >= 0.6 is 0 Å². The van der Waals surface area contributed by atoms with Crippen LogP contribution in [0.1, 0.15) is 34.3 Å². The molecule has 3 aromatic carbocycles. The number of hydrogen-bond acceptors (Lipinski definition) is 2. The molecule has 4 rings (SSSR count). The average Bonchev–Trinajstić information content (AvgIpc) is 2.80. The van der Waals surface area contributed by atoms with E-state index in [9.17, 15) is 14.3 Å². The van der Waals surface area contributed by atoms with Gasteiger partial charge in [-0.2, -0.15) is 0 Å². The Kier molecular flexibility index (Phi) is 6.19. The van der Waals surface area contributed by atoms with Crippen molar-refractivity contribution in [3.8, 4) is 11.1 Å². The van der Waals surface area contributed by atoms with Gasteiger partial charge in [-0.05, 0) is 55.0 Å². The van der Waals surface area contributed by atoms with Gasteiger partial charge in [-0.25, -0.2) is 4.39 Å². The molecular formula is C27H28FNO2. The molecular weight excluding hydrogens is 389 g/mol. The summed E-state index contributed by atoms with van der Waals surface area (Å²) in [6.07, 6.45) is 1.97. The van der Waals surface area contributed by atoms with Gasteiger partial charge in [0.2, 0.25) is 0 Å². The van der Waals surface area contributed by atoms with Crippen LogP contribution in [0.25, 0.3) is 11.1 Å². The van der Waals surface area contributed by atoms with Crippen LogP contribution in [0, 0.1) is 18.2 Å². The molecule has 0 spiro atoms. The third-order valence-corrected chi connectivity index (χ3v) is 6.29. The molecule has 4 heteroatoms. The molecule has 1 heterocycles. The Labute approximate surface area is 183 Å². The number of carbonyl (C=O) groups is 1. The zero-order valence-electron chi connectivity index (χ0n) is 17.9. The van der Waals surface area contributed by atoms with Crippen LogP contribution in [-0.2, 0) is 6.42 Å². The second-order valence-electron chi connectivity index (χ2n) is 8.67. The van der Waals surface area contributed by atoms with Crippen molar-refractivity contribution in [2.45, 2.75) is 26.2 Å². The number of piperidine rings is 1. The number of aliphatic hydroxyl groups is 1. The van der Waals surface area contributed by atoms with E-state index in [1.54, 1.807) is 12.1 Å². The zero-order chi connectivity index (χ0) is 21.8. The molecule has 0 bridgehead atoms. The van der Waals surface area contributed by atoms with Gasteiger partial charge in [0.15, 0.2) is 0 Å². The summed E-state index contributed by atoms with van der Waals surface area (Å²) in [4.78, 5) is 15.4. The second-order valence-corrected chi connectivity index (χ2v) is 8.67. The molecule has 1 N–H and O–H groups in total. The highest BCUT2D eigenvalue weighted by Gasteiger charge is 2.38. The maximum atomic E-state index is 14.3. The summed E-state index contributed by atoms with van der Waals surface area (Å²) in [5.74, 6) is -0.299. The fraction of sp³-hybridized carbons (Fsp3) is 0.296. The van der Waals surface area contributed by atoms with E-state index < -0.39 is 5.41 Å². The molecule has 1 fully saturated rings. The maximum absolute atomic E-state index is 14.3. The van der Waals surface area contributed by atoms with Crippen LogP contribution in [0.5, 0.6) is 0 Å². The van der Waals surface area contributed by atoms with E-state index >= 15 is 0 Å². The van der Waals surface area contributed by atoms with E-state index in [0.717, 1.165) is 29.5 Å². The zero-order valence-corrected chi connectivity index (χ0v) is 17.9. The number of carbonyl (C=O) groups excluding carboxylic acids is 1. The van der Waals surface area contributed by atoms with Crippen molar-refractivity contribution in [1.29, 1.82) is 0 Å². The first-order valence-corrected chi connectivity index (χ1v) is 10.8. The molecule has 1 unspecified atom stereocenters. The molecule has 1 saturated heterocycles. The largest absolute Gasteiger partial charge is 0.396 e. The molecule has 3 nitrogen and oxygen atoms in total. The van der Waals surface area contributed by atoms with Gasteiger partial charge >= 0.3 is 0 Å². The number of amides is 1. The lowest BCUT2D eigenvalue weighted by molar-refractivity contribution is 0.0268. The minimum absolute atomic E-state index is 0.0387. The Morgan fingerprint density at radius 2 is 1.84 bits per heavy atom. The molecule has 1 aliphatic heterocycles. The summed E-state index contributed by atoms with van der Waals surface area (Å²) in [6.45, 7) is 3.01. The quantitative estimate of drug-likeness (QED) is 0.615. The summed E-state index contributed by atoms with van der Waals surface area (Å²) < 4.78 is 14.3. The lowest BCUT2D eigenvalue weighted by atomic mass is 9.75. The number of likely N-dealkylation sites (tertiary alicyclic amines) is 1. The number of nitrogens with zero attached hydrogens (tertiary/aromatic N) is 1. The Balaban J connectivity index is 1.62. The third-order valence-electron chi connectivity index (χ3n) is 6.29. The lowest BCUT2D eigenvalue weighted by Crippen LogP contribution is -2.49. The van der Waals surface area contributed by atoms with E-state index in [4.69, 9.17) is 0 Å². The number of aliphatic hydroxyl groups excluding tert-OH is 1. The van der Waals surface area contributed by atoms with Gasteiger partial charge in [0.25, 0.3) is 5.91 Å². The van der Waals surface area contributed by atoms with Gasteiger partial charge in [-0.1, -0.05) is 66.2 Å². The van der Waals surface area contributed by atoms with Crippen LogP contribution in [0.3, 0.4) is 0 Å². The topological polar surface area (TPSA) is 40.5 Å². The van der Waals surface area contributed by atoms with Gasteiger partial charge in [-0.15, -0.1) is 0 Å². The number of benzene rings is 3. The van der Waals surface area contributed by atoms with Gasteiger partial charge in [0.05, 0.1) is 6.61 Å². The van der Waals surface area contributed by atoms with Crippen LogP contribution in [-0.4, -0.2) is 35.6 Å². The van der Waals surface area contributed by atoms with E-state index in [0.29, 0.717) is 30.6 Å². The monoisotopic (exact) mass is 417 g/mol. The summed E-state index contributed by atoms with van der Waals surface area (Å²) >= 11 is 0. The first-order valence-electron chi connectivity index (χ1n) is 10.8. The van der Waals surface area contributed by atoms with Crippen molar-refractivity contribution < 1.29 is 14.3 Å². The SMILES string of the molecule is Cc1cccc(-c2ccccc2C(=O)N2CCCC(CO)(Cc3ccccc3F)C2)c1. The smallest absolute Gasteiger partial charge is 0.254 e. The molecule has 1 aliphatic rings. The van der Waals surface area contributed by atoms with E-state index in [1.807, 2.05) is 60.4 Å². The van der Waals surface area contributed by atoms with Crippen LogP contribution in [0.2, 0.25) is 0 Å². The van der Waals surface area contributed by atoms with Gasteiger partial charge in [-0.3, -0.25) is 4.79 Å². The Morgan fingerprint density at radius 1 is 1.06 bits per heavy atom. The van der Waals surface area contributed by atoms with Crippen molar-refractivity contribution >= 4 is 5.91 Å². The molecule has 1 amide bonds. The molecule has 0 aliphatic carbocycles. The Bertz CT molecular complexity index is 1080. The average molecular weight is 418 g/mol. The van der Waals surface area contributed by atoms with Crippen LogP contribution in [0.15, 0.2) is 72.8 Å². The maximum Gasteiger partial charge on any atom is 0.254 e. The van der Waals surface area contributed by atoms with Crippen molar-refractivity contribution in [2.75, 3.05) is 19.7 Å². The van der Waals surface area contributed by atoms with Crippen molar-refractivity contribution in [1.82, 2.24) is 4.90 Å². The predicted octanol–water partition coefficient (Wildman–Crippen LogP) is 5.26. The summed E-state index contributed by atoms with van der Waals surface area (Å²) in [5, 5.41) is 10.3. The molecule has 0 saturated carbocycles. The molecule has 160 valence electrons. The number of hydrogen-bond donors (Lipinski definition) is 1. The minimum Gasteiger partial charge on any atom is -0.396 e. The third kappa shape index (κ3) is 4.54. The van der Waals surface area contributed by atoms with Crippen molar-refractivity contribution in [3.05, 3.63) is 95.3 Å². The molecule has 3 aromatic rings. The van der Waals surface area contributed by atoms with Crippen LogP contribution < -0.4 is 0 Å². The van der Waals surface area contributed by atoms with E-state index in [1.165, 1.54) is 6.07 Å². The Morgan fingerprint density at radius 3 is 2.61 bits per heavy atom. The lowest BCUT2D eigenvalue weighted by Gasteiger charge is -2.42. The second kappa shape index (κ2) is 9.03. The normalized spacial score (nSPS) is 18.7. The summed E-state index contributed by atoms with van der Waals surface area (Å²) in [5.41, 5.74) is 3.78. The number of aryl methyl sites for hydroxylation is 1. The highest BCUT2D eigenvalue weighted by Crippen LogP contribution is 2.35. The fourth-order valence-corrected chi connectivity index (χ4v) is 4.66. The summed E-state index contributed by atoms with van der Waals surface area (Å²) in [7, 11) is 0. The highest BCUT2D eigenvalue weighted by atomic mass is 19.1. The molecule has 0 radical (unpaired) electrons. The number of rotatable bonds is 5. The fourth-order valence-electron chi connectivity index (χ4n) is 4.66. The standard InChI is InChI=1S/C27H28FNO2/c1-20-8-6-10-21(16-20)23-11-3-4-12-24(23)26(31)29-15-7-14-27(18-29,19-30)17-22-9-2-5-13-25(22)28/h2-6,8-13,16,30H,7,14-15,17-19H2,1H3. The Hall–Kier alpha value is -2.98. The van der Waals surface area contributed by atoms with Crippen LogP contribution in [0.4, 0.5) is 4.39 Å². The molecule has 1 atom stereocenters. The van der Waals surface area contributed by atoms with Crippen molar-refractivity contribution in [3.63, 3.8) is 0 Å². The van der Waals surface area contributed by atoms with Crippen molar-refractivity contribution in [2.24, 2.45) is 5.41 Å². The van der Waals surface area contributed by atoms with E-state index in [2.05, 4.69) is 6.07 Å². The predicted molar refractivity (Wildman–Crippen MR) is 121 cm³/mol. The van der Waals surface area contributed by atoms with Gasteiger partial charge in [0.1, 0.15) is 5.82 Å². The first-order chi connectivity index (χ1) is 15.0. The molecule has 0 aromatic heterocycles. The number of halogens is 1. The van der Waals surface area contributed by atoms with Gasteiger partial charge < -0.3 is 10.0 Å². The first kappa shape index (κ1) is 21.3. The highest BCUT2D eigenvalue weighted by molar-refractivity contribution is 6.01. The molecule has 31 heavy (non-hydrogen) atoms. The van der Waals surface area contributed by atoms with E-state index in [-0.39, 0.29) is 18.3 Å². The minimum atomic E-state index is -0.533.